The molecular formula is C25H29N3O2. The summed E-state index contributed by atoms with van der Waals surface area (Å²) in [6.45, 7) is 3.47. The minimum absolute atomic E-state index is 0.00993. The van der Waals surface area contributed by atoms with Gasteiger partial charge < -0.3 is 15.0 Å². The first-order chi connectivity index (χ1) is 14.5. The molecule has 1 heterocycles. The van der Waals surface area contributed by atoms with Crippen LogP contribution < -0.4 is 10.1 Å². The van der Waals surface area contributed by atoms with Crippen LogP contribution in [0.2, 0.25) is 0 Å². The number of nitrogens with one attached hydrogen (secondary N) is 1. The van der Waals surface area contributed by atoms with Crippen LogP contribution in [0.5, 0.6) is 5.75 Å². The minimum atomic E-state index is -0.0695. The molecule has 156 valence electrons. The molecule has 5 heteroatoms. The van der Waals surface area contributed by atoms with Crippen molar-refractivity contribution in [3.63, 3.8) is 0 Å². The van der Waals surface area contributed by atoms with Crippen LogP contribution in [0.15, 0.2) is 73.1 Å². The van der Waals surface area contributed by atoms with Crippen LogP contribution in [0.3, 0.4) is 0 Å². The third kappa shape index (κ3) is 6.42. The largest absolute Gasteiger partial charge is 0.492 e. The van der Waals surface area contributed by atoms with Crippen molar-refractivity contribution < 1.29 is 9.53 Å². The number of rotatable bonds is 9. The predicted octanol–water partition coefficient (Wildman–Crippen LogP) is 4.11. The van der Waals surface area contributed by atoms with Crippen molar-refractivity contribution in [2.75, 3.05) is 27.2 Å². The first kappa shape index (κ1) is 21.5. The van der Waals surface area contributed by atoms with E-state index in [9.17, 15) is 4.79 Å². The van der Waals surface area contributed by atoms with Crippen LogP contribution in [0.4, 0.5) is 0 Å². The van der Waals surface area contributed by atoms with E-state index in [-0.39, 0.29) is 11.9 Å². The number of carbonyl (C=O) groups is 1. The summed E-state index contributed by atoms with van der Waals surface area (Å²) in [6, 6.07) is 19.8. The van der Waals surface area contributed by atoms with E-state index < -0.39 is 0 Å². The summed E-state index contributed by atoms with van der Waals surface area (Å²) >= 11 is 0. The maximum absolute atomic E-state index is 12.5. The monoisotopic (exact) mass is 403 g/mol. The number of nitrogens with zero attached hydrogens (tertiary/aromatic N) is 2. The molecule has 0 radical (unpaired) electrons. The van der Waals surface area contributed by atoms with Crippen molar-refractivity contribution in [2.45, 2.75) is 19.4 Å². The van der Waals surface area contributed by atoms with E-state index in [0.717, 1.165) is 34.5 Å². The van der Waals surface area contributed by atoms with Crippen LogP contribution in [0, 0.1) is 0 Å². The molecule has 1 amide bonds. The van der Waals surface area contributed by atoms with Gasteiger partial charge in [0.2, 0.25) is 5.91 Å². The lowest BCUT2D eigenvalue weighted by Crippen LogP contribution is -2.28. The summed E-state index contributed by atoms with van der Waals surface area (Å²) in [6.07, 6.45) is 3.93. The highest BCUT2D eigenvalue weighted by molar-refractivity contribution is 5.79. The van der Waals surface area contributed by atoms with Crippen molar-refractivity contribution in [3.05, 3.63) is 84.2 Å². The molecule has 1 aromatic heterocycles. The second kappa shape index (κ2) is 10.6. The van der Waals surface area contributed by atoms with Crippen molar-refractivity contribution in [3.8, 4) is 16.9 Å². The predicted molar refractivity (Wildman–Crippen MR) is 120 cm³/mol. The Labute approximate surface area is 178 Å². The van der Waals surface area contributed by atoms with Gasteiger partial charge in [-0.15, -0.1) is 0 Å². The van der Waals surface area contributed by atoms with E-state index in [4.69, 9.17) is 4.74 Å². The summed E-state index contributed by atoms with van der Waals surface area (Å²) < 4.78 is 5.76. The maximum Gasteiger partial charge on any atom is 0.224 e. The van der Waals surface area contributed by atoms with Gasteiger partial charge in [0.15, 0.2) is 0 Å². The lowest BCUT2D eigenvalue weighted by molar-refractivity contribution is -0.121. The fourth-order valence-electron chi connectivity index (χ4n) is 3.15. The molecule has 0 aliphatic heterocycles. The second-order valence-corrected chi connectivity index (χ2v) is 7.63. The van der Waals surface area contributed by atoms with E-state index >= 15 is 0 Å². The molecule has 0 bridgehead atoms. The average Bonchev–Trinajstić information content (AvgIpc) is 2.74. The Morgan fingerprint density at radius 1 is 1.07 bits per heavy atom. The molecule has 0 aliphatic carbocycles. The topological polar surface area (TPSA) is 54.5 Å². The molecule has 0 spiro atoms. The van der Waals surface area contributed by atoms with Crippen LogP contribution in [0.1, 0.15) is 24.1 Å². The first-order valence-electron chi connectivity index (χ1n) is 10.2. The number of likely N-dealkylation sites (N-methyl/N-ethyl adjacent to an activating group) is 1. The molecule has 3 rings (SSSR count). The van der Waals surface area contributed by atoms with Crippen molar-refractivity contribution >= 4 is 5.91 Å². The summed E-state index contributed by atoms with van der Waals surface area (Å²) in [5, 5.41) is 3.08. The third-order valence-electron chi connectivity index (χ3n) is 4.85. The Balaban J connectivity index is 1.54. The van der Waals surface area contributed by atoms with E-state index in [1.807, 2.05) is 75.7 Å². The highest BCUT2D eigenvalue weighted by Gasteiger charge is 2.11. The van der Waals surface area contributed by atoms with Crippen LogP contribution in [-0.4, -0.2) is 43.0 Å². The van der Waals surface area contributed by atoms with E-state index in [2.05, 4.69) is 27.3 Å². The van der Waals surface area contributed by atoms with Gasteiger partial charge in [-0.3, -0.25) is 9.78 Å². The molecule has 0 unspecified atom stereocenters. The molecular weight excluding hydrogens is 374 g/mol. The number of hydrogen-bond acceptors (Lipinski definition) is 4. The summed E-state index contributed by atoms with van der Waals surface area (Å²) in [5.74, 6) is 0.783. The lowest BCUT2D eigenvalue weighted by atomic mass is 10.0. The first-order valence-corrected chi connectivity index (χ1v) is 10.2. The maximum atomic E-state index is 12.5. The molecule has 30 heavy (non-hydrogen) atoms. The Bertz CT molecular complexity index is 940. The quantitative estimate of drug-likeness (QED) is 0.584. The molecule has 1 N–H and O–H groups in total. The van der Waals surface area contributed by atoms with Crippen molar-refractivity contribution in [1.82, 2.24) is 15.2 Å². The van der Waals surface area contributed by atoms with Gasteiger partial charge in [0.05, 0.1) is 12.5 Å². The second-order valence-electron chi connectivity index (χ2n) is 7.63. The van der Waals surface area contributed by atoms with Crippen molar-refractivity contribution in [2.24, 2.45) is 0 Å². The van der Waals surface area contributed by atoms with Gasteiger partial charge in [-0.25, -0.2) is 0 Å². The summed E-state index contributed by atoms with van der Waals surface area (Å²) in [4.78, 5) is 18.8. The van der Waals surface area contributed by atoms with Crippen LogP contribution >= 0.6 is 0 Å². The van der Waals surface area contributed by atoms with E-state index in [1.165, 1.54) is 0 Å². The normalized spacial score (nSPS) is 11.9. The Morgan fingerprint density at radius 3 is 2.57 bits per heavy atom. The molecule has 0 saturated carbocycles. The fraction of sp³-hybridized carbons (Fsp3) is 0.280. The Hall–Kier alpha value is -3.18. The van der Waals surface area contributed by atoms with Gasteiger partial charge in [-0.1, -0.05) is 42.5 Å². The zero-order valence-corrected chi connectivity index (χ0v) is 17.8. The van der Waals surface area contributed by atoms with E-state index in [0.29, 0.717) is 13.0 Å². The standard InChI is InChI=1S/C25H29N3O2/c1-19(21-9-11-22(12-10-21)23-7-5-13-26-18-23)27-25(29)17-20-6-4-8-24(16-20)30-15-14-28(2)3/h4-13,16,18-19H,14-15,17H2,1-3H3,(H,27,29)/t19-/m1/s1. The number of carbonyl (C=O) groups excluding carboxylic acids is 1. The van der Waals surface area contributed by atoms with Crippen LogP contribution in [0.25, 0.3) is 11.1 Å². The number of amides is 1. The zero-order chi connectivity index (χ0) is 21.3. The molecule has 1 atom stereocenters. The fourth-order valence-corrected chi connectivity index (χ4v) is 3.15. The van der Waals surface area contributed by atoms with Gasteiger partial charge in [0, 0.05) is 18.9 Å². The summed E-state index contributed by atoms with van der Waals surface area (Å²) in [7, 11) is 4.02. The number of ether oxygens (including phenoxy) is 1. The molecule has 5 nitrogen and oxygen atoms in total. The van der Waals surface area contributed by atoms with Gasteiger partial charge in [-0.05, 0) is 61.5 Å². The Kier molecular flexibility index (Phi) is 7.57. The zero-order valence-electron chi connectivity index (χ0n) is 17.8. The van der Waals surface area contributed by atoms with E-state index in [1.54, 1.807) is 6.20 Å². The highest BCUT2D eigenvalue weighted by Crippen LogP contribution is 2.21. The highest BCUT2D eigenvalue weighted by atomic mass is 16.5. The molecule has 0 aliphatic rings. The van der Waals surface area contributed by atoms with Gasteiger partial charge in [-0.2, -0.15) is 0 Å². The minimum Gasteiger partial charge on any atom is -0.492 e. The Morgan fingerprint density at radius 2 is 1.87 bits per heavy atom. The summed E-state index contributed by atoms with van der Waals surface area (Å²) in [5.41, 5.74) is 4.19. The number of benzene rings is 2. The number of aromatic nitrogens is 1. The molecule has 0 fully saturated rings. The van der Waals surface area contributed by atoms with Gasteiger partial charge >= 0.3 is 0 Å². The molecule has 3 aromatic rings. The van der Waals surface area contributed by atoms with Crippen LogP contribution in [-0.2, 0) is 11.2 Å². The lowest BCUT2D eigenvalue weighted by Gasteiger charge is -2.15. The van der Waals surface area contributed by atoms with Gasteiger partial charge in [0.1, 0.15) is 12.4 Å². The average molecular weight is 404 g/mol. The van der Waals surface area contributed by atoms with Crippen molar-refractivity contribution in [1.29, 1.82) is 0 Å². The number of pyridine rings is 1. The van der Waals surface area contributed by atoms with Gasteiger partial charge in [0.25, 0.3) is 0 Å². The smallest absolute Gasteiger partial charge is 0.224 e. The third-order valence-corrected chi connectivity index (χ3v) is 4.85. The molecule has 2 aromatic carbocycles. The number of hydrogen-bond donors (Lipinski definition) is 1. The SMILES string of the molecule is C[C@@H](NC(=O)Cc1cccc(OCCN(C)C)c1)c1ccc(-c2cccnc2)cc1. The molecule has 0 saturated heterocycles.